The predicted molar refractivity (Wildman–Crippen MR) is 57.1 cm³/mol. The molecule has 0 atom stereocenters. The molecule has 0 aliphatic heterocycles. The highest BCUT2D eigenvalue weighted by atomic mass is 19.4. The van der Waals surface area contributed by atoms with Gasteiger partial charge in [0.05, 0.1) is 6.08 Å². The largest absolute Gasteiger partial charge is 0.573 e. The maximum absolute atomic E-state index is 11.9. The van der Waals surface area contributed by atoms with Gasteiger partial charge in [-0.2, -0.15) is 0 Å². The Balaban J connectivity index is 2.83. The Morgan fingerprint density at radius 3 is 1.95 bits per heavy atom. The molecule has 0 aliphatic rings. The number of carboxylic acids is 2. The number of hydrogen-bond donors (Lipinski definition) is 2. The monoisotopic (exact) mass is 292 g/mol. The van der Waals surface area contributed by atoms with Gasteiger partial charge in [-0.05, 0) is 24.3 Å². The molecule has 0 spiro atoms. The first-order chi connectivity index (χ1) is 9.17. The zero-order chi connectivity index (χ0) is 15.3. The van der Waals surface area contributed by atoms with Crippen LogP contribution in [0, 0.1) is 0 Å². The van der Waals surface area contributed by atoms with Crippen molar-refractivity contribution in [3.05, 3.63) is 36.1 Å². The number of ether oxygens (including phenoxy) is 2. The van der Waals surface area contributed by atoms with Gasteiger partial charge in [0.2, 0.25) is 5.76 Å². The molecule has 0 aromatic heterocycles. The van der Waals surface area contributed by atoms with Crippen LogP contribution in [0.2, 0.25) is 0 Å². The molecule has 9 heteroatoms. The Morgan fingerprint density at radius 1 is 1.05 bits per heavy atom. The lowest BCUT2D eigenvalue weighted by molar-refractivity contribution is -0.274. The van der Waals surface area contributed by atoms with Crippen LogP contribution in [0.1, 0.15) is 0 Å². The van der Waals surface area contributed by atoms with Gasteiger partial charge in [0.1, 0.15) is 11.5 Å². The Hall–Kier alpha value is -2.71. The van der Waals surface area contributed by atoms with Crippen LogP contribution in [0.4, 0.5) is 13.2 Å². The van der Waals surface area contributed by atoms with Gasteiger partial charge in [0.25, 0.3) is 0 Å². The van der Waals surface area contributed by atoms with Crippen molar-refractivity contribution in [2.45, 2.75) is 6.36 Å². The van der Waals surface area contributed by atoms with Crippen LogP contribution in [-0.4, -0.2) is 28.5 Å². The summed E-state index contributed by atoms with van der Waals surface area (Å²) in [6, 6.07) is 3.78. The van der Waals surface area contributed by atoms with E-state index in [4.69, 9.17) is 14.9 Å². The molecule has 1 aromatic rings. The molecule has 0 fully saturated rings. The third-order valence-corrected chi connectivity index (χ3v) is 1.75. The molecule has 0 saturated carbocycles. The van der Waals surface area contributed by atoms with Crippen LogP contribution >= 0.6 is 0 Å². The van der Waals surface area contributed by atoms with Crippen LogP contribution in [0.3, 0.4) is 0 Å². The smallest absolute Gasteiger partial charge is 0.478 e. The Morgan fingerprint density at radius 2 is 1.55 bits per heavy atom. The minimum atomic E-state index is -4.85. The average Bonchev–Trinajstić information content (AvgIpc) is 2.28. The van der Waals surface area contributed by atoms with Gasteiger partial charge in [-0.15, -0.1) is 13.2 Å². The van der Waals surface area contributed by atoms with Crippen molar-refractivity contribution < 1.29 is 42.4 Å². The average molecular weight is 292 g/mol. The molecule has 108 valence electrons. The second-order valence-electron chi connectivity index (χ2n) is 3.27. The molecule has 1 aromatic carbocycles. The lowest BCUT2D eigenvalue weighted by Gasteiger charge is -2.10. The maximum Gasteiger partial charge on any atom is 0.573 e. The van der Waals surface area contributed by atoms with Crippen LogP contribution in [-0.2, 0) is 9.59 Å². The van der Waals surface area contributed by atoms with Gasteiger partial charge in [0.15, 0.2) is 0 Å². The van der Waals surface area contributed by atoms with Crippen LogP contribution in [0.15, 0.2) is 36.1 Å². The van der Waals surface area contributed by atoms with E-state index in [2.05, 4.69) is 4.74 Å². The van der Waals surface area contributed by atoms with Gasteiger partial charge in [0, 0.05) is 0 Å². The molecule has 0 radical (unpaired) electrons. The van der Waals surface area contributed by atoms with Gasteiger partial charge >= 0.3 is 18.3 Å². The number of carboxylic acid groups (broad SMARTS) is 2. The molecular formula is C11H7F3O6. The van der Waals surface area contributed by atoms with Gasteiger partial charge in [-0.3, -0.25) is 0 Å². The molecular weight excluding hydrogens is 285 g/mol. The Kier molecular flexibility index (Phi) is 4.57. The van der Waals surface area contributed by atoms with E-state index in [-0.39, 0.29) is 5.75 Å². The molecule has 0 unspecified atom stereocenters. The summed E-state index contributed by atoms with van der Waals surface area (Å²) in [5.74, 6) is -4.75. The number of aliphatic carboxylic acids is 2. The standard InChI is InChI=1S/C11H7F3O6/c12-11(13,14)20-7-3-1-6(2-4-7)19-8(10(17)18)5-9(15)16/h1-5H,(H,15,16)(H,17,18)/b8-5-. The zero-order valence-corrected chi connectivity index (χ0v) is 9.55. The number of rotatable bonds is 5. The summed E-state index contributed by atoms with van der Waals surface area (Å²) in [5, 5.41) is 17.1. The fourth-order valence-electron chi connectivity index (χ4n) is 1.08. The third-order valence-electron chi connectivity index (χ3n) is 1.75. The fourth-order valence-corrected chi connectivity index (χ4v) is 1.08. The van der Waals surface area contributed by atoms with E-state index in [1.54, 1.807) is 0 Å². The third kappa shape index (κ3) is 5.29. The number of hydrogen-bond acceptors (Lipinski definition) is 4. The summed E-state index contributed by atoms with van der Waals surface area (Å²) in [4.78, 5) is 21.0. The van der Waals surface area contributed by atoms with Crippen molar-refractivity contribution in [1.29, 1.82) is 0 Å². The number of halogens is 3. The second-order valence-corrected chi connectivity index (χ2v) is 3.27. The minimum Gasteiger partial charge on any atom is -0.478 e. The van der Waals surface area contributed by atoms with Crippen LogP contribution in [0.25, 0.3) is 0 Å². The highest BCUT2D eigenvalue weighted by Gasteiger charge is 2.31. The first-order valence-corrected chi connectivity index (χ1v) is 4.89. The van der Waals surface area contributed by atoms with Gasteiger partial charge < -0.3 is 19.7 Å². The van der Waals surface area contributed by atoms with Crippen molar-refractivity contribution in [3.8, 4) is 11.5 Å². The summed E-state index contributed by atoms with van der Waals surface area (Å²) >= 11 is 0. The van der Waals surface area contributed by atoms with E-state index in [9.17, 15) is 22.8 Å². The van der Waals surface area contributed by atoms with Crippen molar-refractivity contribution in [1.82, 2.24) is 0 Å². The molecule has 0 bridgehead atoms. The molecule has 2 N–H and O–H groups in total. The Bertz CT molecular complexity index is 532. The predicted octanol–water partition coefficient (Wildman–Crippen LogP) is 2.02. The quantitative estimate of drug-likeness (QED) is 0.637. The molecule has 0 amide bonds. The molecule has 20 heavy (non-hydrogen) atoms. The van der Waals surface area contributed by atoms with Crippen molar-refractivity contribution >= 4 is 11.9 Å². The topological polar surface area (TPSA) is 93.1 Å². The van der Waals surface area contributed by atoms with Gasteiger partial charge in [-0.1, -0.05) is 0 Å². The molecule has 0 saturated heterocycles. The van der Waals surface area contributed by atoms with Crippen LogP contribution < -0.4 is 9.47 Å². The SMILES string of the molecule is O=C(O)/C=C(\Oc1ccc(OC(F)(F)F)cc1)C(=O)O. The van der Waals surface area contributed by atoms with E-state index in [1.165, 1.54) is 0 Å². The summed E-state index contributed by atoms with van der Waals surface area (Å²) in [7, 11) is 0. The van der Waals surface area contributed by atoms with Gasteiger partial charge in [-0.25, -0.2) is 9.59 Å². The lowest BCUT2D eigenvalue weighted by atomic mass is 10.3. The van der Waals surface area contributed by atoms with Crippen molar-refractivity contribution in [2.75, 3.05) is 0 Å². The number of alkyl halides is 3. The first kappa shape index (κ1) is 15.3. The van der Waals surface area contributed by atoms with E-state index in [0.29, 0.717) is 6.08 Å². The summed E-state index contributed by atoms with van der Waals surface area (Å²) in [6.45, 7) is 0. The van der Waals surface area contributed by atoms with Crippen LogP contribution in [0.5, 0.6) is 11.5 Å². The summed E-state index contributed by atoms with van der Waals surface area (Å²) in [6.07, 6.45) is -4.54. The minimum absolute atomic E-state index is 0.158. The molecule has 1 rings (SSSR count). The first-order valence-electron chi connectivity index (χ1n) is 4.89. The molecule has 6 nitrogen and oxygen atoms in total. The summed E-state index contributed by atoms with van der Waals surface area (Å²) < 4.78 is 44.0. The number of benzene rings is 1. The second kappa shape index (κ2) is 5.95. The highest BCUT2D eigenvalue weighted by Crippen LogP contribution is 2.25. The fraction of sp³-hybridized carbons (Fsp3) is 0.0909. The normalized spacial score (nSPS) is 11.8. The summed E-state index contributed by atoms with van der Waals surface area (Å²) in [5.41, 5.74) is 0. The van der Waals surface area contributed by atoms with Crippen molar-refractivity contribution in [2.24, 2.45) is 0 Å². The van der Waals surface area contributed by atoms with E-state index >= 15 is 0 Å². The Labute approximate surface area is 109 Å². The number of carbonyl (C=O) groups is 2. The lowest BCUT2D eigenvalue weighted by Crippen LogP contribution is -2.17. The van der Waals surface area contributed by atoms with E-state index in [0.717, 1.165) is 24.3 Å². The maximum atomic E-state index is 11.9. The zero-order valence-electron chi connectivity index (χ0n) is 9.55. The molecule has 0 heterocycles. The van der Waals surface area contributed by atoms with Crippen molar-refractivity contribution in [3.63, 3.8) is 0 Å². The van der Waals surface area contributed by atoms with E-state index in [1.807, 2.05) is 0 Å². The van der Waals surface area contributed by atoms with E-state index < -0.39 is 29.8 Å². The highest BCUT2D eigenvalue weighted by molar-refractivity contribution is 5.93. The molecule has 0 aliphatic carbocycles.